The van der Waals surface area contributed by atoms with Gasteiger partial charge in [0.05, 0.1) is 0 Å². The monoisotopic (exact) mass is 213 g/mol. The van der Waals surface area contributed by atoms with E-state index < -0.39 is 24.1 Å². The number of hydrogen-bond donors (Lipinski definition) is 4. The third kappa shape index (κ3) is 4.74. The molecule has 0 spiro atoms. The summed E-state index contributed by atoms with van der Waals surface area (Å²) in [5.41, 5.74) is 0. The maximum Gasteiger partial charge on any atom is 0.364 e. The van der Waals surface area contributed by atoms with E-state index in [0.29, 0.717) is 0 Å². The van der Waals surface area contributed by atoms with Crippen LogP contribution in [-0.2, 0) is 26.7 Å². The number of carboxylic acids is 2. The molecular formula is C4H6CuO6. The molecule has 0 aliphatic rings. The first-order chi connectivity index (χ1) is 4.36. The number of carbonyl (C=O) groups is 2. The average molecular weight is 214 g/mol. The van der Waals surface area contributed by atoms with E-state index in [-0.39, 0.29) is 17.1 Å². The summed E-state index contributed by atoms with van der Waals surface area (Å²) in [4.78, 5) is 19.5. The Labute approximate surface area is 71.9 Å². The van der Waals surface area contributed by atoms with Gasteiger partial charge in [-0.25, -0.2) is 4.79 Å². The van der Waals surface area contributed by atoms with Gasteiger partial charge in [-0.05, 0) is 0 Å². The first kappa shape index (κ1) is 13.0. The normalized spacial score (nSPS) is 10.0. The molecule has 0 aromatic carbocycles. The van der Waals surface area contributed by atoms with E-state index in [2.05, 4.69) is 0 Å². The fourth-order valence-electron chi connectivity index (χ4n) is 0.286. The Morgan fingerprint density at radius 1 is 1.18 bits per heavy atom. The molecule has 7 heteroatoms. The molecule has 11 heavy (non-hydrogen) atoms. The van der Waals surface area contributed by atoms with E-state index in [1.54, 1.807) is 0 Å². The second-order valence-corrected chi connectivity index (χ2v) is 1.69. The summed E-state index contributed by atoms with van der Waals surface area (Å²) in [6.45, 7) is 0. The van der Waals surface area contributed by atoms with Crippen LogP contribution in [0.2, 0.25) is 0 Å². The standard InChI is InChI=1S/C4H6O6.Cu/c5-2(6)1-4(9,10)3(7)8;/h9-10H,1H2,(H,5,6)(H,7,8);. The summed E-state index contributed by atoms with van der Waals surface area (Å²) in [5, 5.41) is 32.5. The minimum atomic E-state index is -3.16. The molecule has 0 aromatic rings. The zero-order valence-corrected chi connectivity index (χ0v) is 6.06. The van der Waals surface area contributed by atoms with Gasteiger partial charge in [0.25, 0.3) is 5.79 Å². The molecule has 0 heterocycles. The Bertz CT molecular complexity index is 164. The van der Waals surface area contributed by atoms with Crippen molar-refractivity contribution in [3.05, 3.63) is 0 Å². The second kappa shape index (κ2) is 4.30. The summed E-state index contributed by atoms with van der Waals surface area (Å²) in [7, 11) is 0. The average Bonchev–Trinajstić information content (AvgIpc) is 1.60. The molecule has 4 N–H and O–H groups in total. The van der Waals surface area contributed by atoms with Crippen molar-refractivity contribution < 1.29 is 47.1 Å². The number of aliphatic carboxylic acids is 2. The van der Waals surface area contributed by atoms with Crippen molar-refractivity contribution in [3.63, 3.8) is 0 Å². The fourth-order valence-corrected chi connectivity index (χ4v) is 0.286. The van der Waals surface area contributed by atoms with E-state index in [1.807, 2.05) is 0 Å². The van der Waals surface area contributed by atoms with Gasteiger partial charge < -0.3 is 20.4 Å². The number of carboxylic acid groups (broad SMARTS) is 2. The van der Waals surface area contributed by atoms with Crippen molar-refractivity contribution in [3.8, 4) is 0 Å². The van der Waals surface area contributed by atoms with Crippen molar-refractivity contribution in [2.24, 2.45) is 0 Å². The first-order valence-electron chi connectivity index (χ1n) is 2.26. The predicted octanol–water partition coefficient (Wildman–Crippen LogP) is -1.78. The molecule has 0 saturated carbocycles. The summed E-state index contributed by atoms with van der Waals surface area (Å²) in [5.74, 6) is -6.73. The molecule has 0 saturated heterocycles. The van der Waals surface area contributed by atoms with Crippen LogP contribution < -0.4 is 0 Å². The van der Waals surface area contributed by atoms with Crippen LogP contribution in [0.3, 0.4) is 0 Å². The van der Waals surface area contributed by atoms with Gasteiger partial charge in [0.15, 0.2) is 0 Å². The molecular weight excluding hydrogens is 208 g/mol. The molecule has 6 nitrogen and oxygen atoms in total. The minimum absolute atomic E-state index is 0. The van der Waals surface area contributed by atoms with Gasteiger partial charge in [-0.3, -0.25) is 4.79 Å². The summed E-state index contributed by atoms with van der Waals surface area (Å²) in [6.07, 6.45) is -1.23. The van der Waals surface area contributed by atoms with Crippen LogP contribution in [0.15, 0.2) is 0 Å². The van der Waals surface area contributed by atoms with Gasteiger partial charge in [0.2, 0.25) is 0 Å². The largest absolute Gasteiger partial charge is 0.481 e. The van der Waals surface area contributed by atoms with Crippen LogP contribution in [0.1, 0.15) is 6.42 Å². The van der Waals surface area contributed by atoms with Crippen LogP contribution in [0.25, 0.3) is 0 Å². The van der Waals surface area contributed by atoms with Crippen LogP contribution in [0.4, 0.5) is 0 Å². The molecule has 0 unspecified atom stereocenters. The number of hydrogen-bond acceptors (Lipinski definition) is 4. The molecule has 0 aromatic heterocycles. The van der Waals surface area contributed by atoms with Gasteiger partial charge in [-0.2, -0.15) is 0 Å². The van der Waals surface area contributed by atoms with Crippen molar-refractivity contribution in [1.29, 1.82) is 0 Å². The summed E-state index contributed by atoms with van der Waals surface area (Å²) < 4.78 is 0. The molecule has 0 atom stereocenters. The Kier molecular flexibility index (Phi) is 5.08. The van der Waals surface area contributed by atoms with Crippen LogP contribution in [-0.4, -0.2) is 38.2 Å². The minimum Gasteiger partial charge on any atom is -0.481 e. The van der Waals surface area contributed by atoms with E-state index in [0.717, 1.165) is 0 Å². The molecule has 1 radical (unpaired) electrons. The smallest absolute Gasteiger partial charge is 0.364 e. The quantitative estimate of drug-likeness (QED) is 0.326. The molecule has 0 aliphatic carbocycles. The van der Waals surface area contributed by atoms with E-state index >= 15 is 0 Å². The molecule has 0 amide bonds. The summed E-state index contributed by atoms with van der Waals surface area (Å²) >= 11 is 0. The Morgan fingerprint density at radius 2 is 1.55 bits per heavy atom. The van der Waals surface area contributed by atoms with Gasteiger partial charge in [0.1, 0.15) is 6.42 Å². The van der Waals surface area contributed by atoms with Gasteiger partial charge in [0, 0.05) is 17.1 Å². The van der Waals surface area contributed by atoms with Gasteiger partial charge in [-0.1, -0.05) is 0 Å². The number of rotatable bonds is 3. The Balaban J connectivity index is 0. The molecule has 0 aliphatic heterocycles. The van der Waals surface area contributed by atoms with Gasteiger partial charge in [-0.15, -0.1) is 0 Å². The SMILES string of the molecule is O=C(O)CC(O)(O)C(=O)O.[Cu]. The number of aliphatic hydroxyl groups is 2. The third-order valence-electron chi connectivity index (χ3n) is 0.740. The zero-order chi connectivity index (χ0) is 8.36. The maximum atomic E-state index is 9.79. The van der Waals surface area contributed by atoms with Crippen molar-refractivity contribution in [1.82, 2.24) is 0 Å². The van der Waals surface area contributed by atoms with Crippen LogP contribution in [0, 0.1) is 0 Å². The van der Waals surface area contributed by atoms with Crippen LogP contribution >= 0.6 is 0 Å². The molecule has 0 fully saturated rings. The van der Waals surface area contributed by atoms with Crippen molar-refractivity contribution in [2.75, 3.05) is 0 Å². The van der Waals surface area contributed by atoms with E-state index in [4.69, 9.17) is 20.4 Å². The first-order valence-corrected chi connectivity index (χ1v) is 2.26. The Hall–Kier alpha value is -0.621. The predicted molar refractivity (Wildman–Crippen MR) is 27.1 cm³/mol. The molecule has 0 bridgehead atoms. The van der Waals surface area contributed by atoms with Crippen molar-refractivity contribution >= 4 is 11.9 Å². The van der Waals surface area contributed by atoms with Gasteiger partial charge >= 0.3 is 11.9 Å². The second-order valence-electron chi connectivity index (χ2n) is 1.69. The van der Waals surface area contributed by atoms with E-state index in [9.17, 15) is 9.59 Å². The summed E-state index contributed by atoms with van der Waals surface area (Å²) in [6, 6.07) is 0. The molecule has 0 rings (SSSR count). The van der Waals surface area contributed by atoms with E-state index in [1.165, 1.54) is 0 Å². The molecule has 69 valence electrons. The topological polar surface area (TPSA) is 115 Å². The van der Waals surface area contributed by atoms with Crippen LogP contribution in [0.5, 0.6) is 0 Å². The maximum absolute atomic E-state index is 9.79. The third-order valence-corrected chi connectivity index (χ3v) is 0.740. The zero-order valence-electron chi connectivity index (χ0n) is 5.11. The Morgan fingerprint density at radius 3 is 1.64 bits per heavy atom. The van der Waals surface area contributed by atoms with Crippen molar-refractivity contribution in [2.45, 2.75) is 12.2 Å². The fraction of sp³-hybridized carbons (Fsp3) is 0.500.